The Hall–Kier alpha value is -4.04. The number of rotatable bonds is 15. The maximum atomic E-state index is 10.4. The number of epoxide rings is 2. The lowest BCUT2D eigenvalue weighted by Gasteiger charge is -2.14. The van der Waals surface area contributed by atoms with Gasteiger partial charge >= 0.3 is 0 Å². The standard InChI is InChI=1S/C34H34O7/c35-28(20-37-30-11-3-25(4-12-30)18-27-7-15-32(16-8-27)41-34-23-40-34)19-36-29-9-1-24(2-10-29)17-26-5-13-31(14-6-26)38-21-33-22-39-33/h1-16,28,33-35H,17-23H2. The lowest BCUT2D eigenvalue weighted by atomic mass is 10.0. The Bertz CT molecular complexity index is 1360. The van der Waals surface area contributed by atoms with Crippen LogP contribution >= 0.6 is 0 Å². The predicted molar refractivity (Wildman–Crippen MR) is 154 cm³/mol. The number of benzene rings is 4. The first kappa shape index (κ1) is 27.1. The van der Waals surface area contributed by atoms with Gasteiger partial charge in [-0.3, -0.25) is 0 Å². The van der Waals surface area contributed by atoms with Gasteiger partial charge in [0.1, 0.15) is 61.6 Å². The van der Waals surface area contributed by atoms with Crippen LogP contribution in [0.25, 0.3) is 0 Å². The van der Waals surface area contributed by atoms with Crippen LogP contribution in [0.1, 0.15) is 22.3 Å². The maximum Gasteiger partial charge on any atom is 0.223 e. The molecule has 7 heteroatoms. The lowest BCUT2D eigenvalue weighted by molar-refractivity contribution is 0.0626. The lowest BCUT2D eigenvalue weighted by Crippen LogP contribution is -2.25. The SMILES string of the molecule is OC(COc1ccc(Cc2ccc(OCC3CO3)cc2)cc1)COc1ccc(Cc2ccc(OC3CO3)cc2)cc1. The first-order valence-electron chi connectivity index (χ1n) is 14.0. The highest BCUT2D eigenvalue weighted by atomic mass is 16.8. The zero-order valence-electron chi connectivity index (χ0n) is 22.8. The fraction of sp³-hybridized carbons (Fsp3) is 0.294. The maximum absolute atomic E-state index is 10.4. The molecule has 0 saturated carbocycles. The molecule has 0 aromatic heterocycles. The highest BCUT2D eigenvalue weighted by Crippen LogP contribution is 2.22. The van der Waals surface area contributed by atoms with Crippen molar-refractivity contribution in [3.8, 4) is 23.0 Å². The van der Waals surface area contributed by atoms with Crippen molar-refractivity contribution in [2.24, 2.45) is 0 Å². The minimum atomic E-state index is -0.747. The molecule has 2 saturated heterocycles. The molecule has 1 N–H and O–H groups in total. The van der Waals surface area contributed by atoms with Crippen molar-refractivity contribution in [2.75, 3.05) is 33.0 Å². The highest BCUT2D eigenvalue weighted by Gasteiger charge is 2.24. The zero-order valence-corrected chi connectivity index (χ0v) is 22.8. The Kier molecular flexibility index (Phi) is 8.66. The van der Waals surface area contributed by atoms with E-state index in [-0.39, 0.29) is 25.6 Å². The van der Waals surface area contributed by atoms with Crippen molar-refractivity contribution in [1.82, 2.24) is 0 Å². The van der Waals surface area contributed by atoms with Crippen molar-refractivity contribution in [2.45, 2.75) is 31.3 Å². The van der Waals surface area contributed by atoms with Gasteiger partial charge in [0.05, 0.1) is 6.61 Å². The second-order valence-electron chi connectivity index (χ2n) is 10.4. The average Bonchev–Trinajstić information content (AvgIpc) is 3.94. The second-order valence-corrected chi connectivity index (χ2v) is 10.4. The summed E-state index contributed by atoms with van der Waals surface area (Å²) in [6.07, 6.45) is 1.06. The van der Waals surface area contributed by atoms with Crippen molar-refractivity contribution in [3.05, 3.63) is 119 Å². The summed E-state index contributed by atoms with van der Waals surface area (Å²) in [4.78, 5) is 0. The first-order chi connectivity index (χ1) is 20.1. The summed E-state index contributed by atoms with van der Waals surface area (Å²) in [6, 6.07) is 32.1. The van der Waals surface area contributed by atoms with Gasteiger partial charge in [-0.15, -0.1) is 0 Å². The summed E-state index contributed by atoms with van der Waals surface area (Å²) in [5.74, 6) is 3.11. The molecule has 4 aromatic rings. The number of aliphatic hydroxyl groups is 1. The van der Waals surface area contributed by atoms with E-state index in [2.05, 4.69) is 24.3 Å². The van der Waals surface area contributed by atoms with Crippen molar-refractivity contribution < 1.29 is 33.5 Å². The molecule has 6 rings (SSSR count). The molecule has 7 nitrogen and oxygen atoms in total. The molecule has 212 valence electrons. The van der Waals surface area contributed by atoms with Gasteiger partial charge < -0.3 is 33.5 Å². The Labute approximate surface area is 240 Å². The molecule has 0 aliphatic carbocycles. The highest BCUT2D eigenvalue weighted by molar-refractivity contribution is 5.35. The number of aliphatic hydroxyl groups excluding tert-OH is 1. The smallest absolute Gasteiger partial charge is 0.223 e. The molecule has 3 atom stereocenters. The summed E-state index contributed by atoms with van der Waals surface area (Å²) < 4.78 is 33.1. The monoisotopic (exact) mass is 554 g/mol. The van der Waals surface area contributed by atoms with Gasteiger partial charge in [0.2, 0.25) is 6.29 Å². The van der Waals surface area contributed by atoms with Gasteiger partial charge in [-0.1, -0.05) is 48.5 Å². The van der Waals surface area contributed by atoms with Gasteiger partial charge in [-0.05, 0) is 83.6 Å². The molecular formula is C34H34O7. The zero-order chi connectivity index (χ0) is 27.9. The summed E-state index contributed by atoms with van der Waals surface area (Å²) in [5.41, 5.74) is 4.76. The van der Waals surface area contributed by atoms with E-state index in [0.29, 0.717) is 24.7 Å². The van der Waals surface area contributed by atoms with E-state index in [9.17, 15) is 5.11 Å². The average molecular weight is 555 g/mol. The molecule has 2 aliphatic rings. The first-order valence-corrected chi connectivity index (χ1v) is 14.0. The van der Waals surface area contributed by atoms with Crippen molar-refractivity contribution in [3.63, 3.8) is 0 Å². The molecule has 3 unspecified atom stereocenters. The molecule has 0 bridgehead atoms. The summed E-state index contributed by atoms with van der Waals surface area (Å²) >= 11 is 0. The van der Waals surface area contributed by atoms with Gasteiger partial charge in [0.25, 0.3) is 0 Å². The number of hydrogen-bond donors (Lipinski definition) is 1. The topological polar surface area (TPSA) is 82.2 Å². The third kappa shape index (κ3) is 8.72. The van der Waals surface area contributed by atoms with E-state index in [4.69, 9.17) is 28.4 Å². The van der Waals surface area contributed by atoms with Crippen LogP contribution in [0.2, 0.25) is 0 Å². The molecule has 41 heavy (non-hydrogen) atoms. The fourth-order valence-electron chi connectivity index (χ4n) is 4.31. The van der Waals surface area contributed by atoms with Gasteiger partial charge in [-0.25, -0.2) is 0 Å². The van der Waals surface area contributed by atoms with E-state index in [1.54, 1.807) is 0 Å². The predicted octanol–water partition coefficient (Wildman–Crippen LogP) is 5.20. The Morgan fingerprint density at radius 3 is 1.34 bits per heavy atom. The molecule has 2 aliphatic heterocycles. The minimum Gasteiger partial charge on any atom is -0.491 e. The van der Waals surface area contributed by atoms with Gasteiger partial charge in [-0.2, -0.15) is 0 Å². The van der Waals surface area contributed by atoms with Crippen LogP contribution in [0.15, 0.2) is 97.1 Å². The van der Waals surface area contributed by atoms with Crippen LogP contribution in [-0.2, 0) is 22.3 Å². The van der Waals surface area contributed by atoms with E-state index in [0.717, 1.165) is 30.9 Å². The third-order valence-electron chi connectivity index (χ3n) is 6.80. The molecule has 0 amide bonds. The van der Waals surface area contributed by atoms with Crippen LogP contribution in [0.3, 0.4) is 0 Å². The van der Waals surface area contributed by atoms with Crippen LogP contribution in [-0.4, -0.2) is 56.6 Å². The molecule has 4 aromatic carbocycles. The quantitative estimate of drug-likeness (QED) is 0.202. The van der Waals surface area contributed by atoms with E-state index < -0.39 is 6.10 Å². The normalized spacial score (nSPS) is 17.9. The number of ether oxygens (including phenoxy) is 6. The molecule has 2 heterocycles. The molecule has 0 spiro atoms. The van der Waals surface area contributed by atoms with Crippen molar-refractivity contribution in [1.29, 1.82) is 0 Å². The molecule has 2 fully saturated rings. The Balaban J connectivity index is 0.891. The minimum absolute atomic E-state index is 0.0842. The van der Waals surface area contributed by atoms with Crippen LogP contribution < -0.4 is 18.9 Å². The second kappa shape index (κ2) is 13.1. The van der Waals surface area contributed by atoms with Gasteiger partial charge in [0.15, 0.2) is 0 Å². The largest absolute Gasteiger partial charge is 0.491 e. The summed E-state index contributed by atoms with van der Waals surface area (Å²) in [6.45, 7) is 2.37. The van der Waals surface area contributed by atoms with E-state index in [1.165, 1.54) is 22.3 Å². The molecule has 0 radical (unpaired) electrons. The van der Waals surface area contributed by atoms with Crippen molar-refractivity contribution >= 4 is 0 Å². The summed E-state index contributed by atoms with van der Waals surface area (Å²) in [5, 5.41) is 10.4. The van der Waals surface area contributed by atoms with Crippen LogP contribution in [0.5, 0.6) is 23.0 Å². The molecular weight excluding hydrogens is 520 g/mol. The van der Waals surface area contributed by atoms with Crippen LogP contribution in [0.4, 0.5) is 0 Å². The van der Waals surface area contributed by atoms with E-state index in [1.807, 2.05) is 72.8 Å². The number of hydrogen-bond acceptors (Lipinski definition) is 7. The van der Waals surface area contributed by atoms with E-state index >= 15 is 0 Å². The van der Waals surface area contributed by atoms with Gasteiger partial charge in [0, 0.05) is 0 Å². The third-order valence-corrected chi connectivity index (χ3v) is 6.80. The summed E-state index contributed by atoms with van der Waals surface area (Å²) in [7, 11) is 0. The Morgan fingerprint density at radius 1 is 0.561 bits per heavy atom. The Morgan fingerprint density at radius 2 is 0.951 bits per heavy atom. The van der Waals surface area contributed by atoms with Crippen LogP contribution in [0, 0.1) is 0 Å². The fourth-order valence-corrected chi connectivity index (χ4v) is 4.31.